The van der Waals surface area contributed by atoms with Crippen molar-refractivity contribution in [3.05, 3.63) is 18.2 Å². The first-order valence-electron chi connectivity index (χ1n) is 4.63. The van der Waals surface area contributed by atoms with Crippen molar-refractivity contribution in [3.63, 3.8) is 0 Å². The molecule has 0 radical (unpaired) electrons. The van der Waals surface area contributed by atoms with Crippen LogP contribution in [0.2, 0.25) is 0 Å². The minimum Gasteiger partial charge on any atom is -0.325 e. The summed E-state index contributed by atoms with van der Waals surface area (Å²) in [6, 6.07) is 0.301. The fraction of sp³-hybridized carbons (Fsp3) is 0.556. The quantitative estimate of drug-likeness (QED) is 0.681. The van der Waals surface area contributed by atoms with Crippen LogP contribution in [0.1, 0.15) is 29.4 Å². The molecule has 14 heavy (non-hydrogen) atoms. The number of hydrogen-bond acceptors (Lipinski definition) is 3. The molecule has 4 nitrogen and oxygen atoms in total. The van der Waals surface area contributed by atoms with Gasteiger partial charge < -0.3 is 4.57 Å². The zero-order valence-electron chi connectivity index (χ0n) is 7.76. The summed E-state index contributed by atoms with van der Waals surface area (Å²) < 4.78 is 13.0. The van der Waals surface area contributed by atoms with Crippen LogP contribution < -0.4 is 0 Å². The van der Waals surface area contributed by atoms with Crippen molar-refractivity contribution in [3.8, 4) is 0 Å². The Bertz CT molecular complexity index is 351. The maximum absolute atomic E-state index is 11.1. The SMILES string of the molecule is O=Cc1cncn1C1CCS(=O)CC1. The van der Waals surface area contributed by atoms with Gasteiger partial charge in [0.05, 0.1) is 12.5 Å². The molecule has 2 rings (SSSR count). The van der Waals surface area contributed by atoms with E-state index in [1.807, 2.05) is 4.57 Å². The number of imidazole rings is 1. The summed E-state index contributed by atoms with van der Waals surface area (Å²) in [7, 11) is -0.653. The lowest BCUT2D eigenvalue weighted by Gasteiger charge is -2.23. The molecule has 76 valence electrons. The lowest BCUT2D eigenvalue weighted by atomic mass is 10.1. The van der Waals surface area contributed by atoms with Gasteiger partial charge in [0, 0.05) is 28.3 Å². The van der Waals surface area contributed by atoms with Crippen molar-refractivity contribution < 1.29 is 9.00 Å². The molecule has 1 aliphatic heterocycles. The maximum atomic E-state index is 11.1. The third-order valence-electron chi connectivity index (χ3n) is 2.57. The third kappa shape index (κ3) is 1.77. The first kappa shape index (κ1) is 9.58. The van der Waals surface area contributed by atoms with Gasteiger partial charge in [-0.2, -0.15) is 0 Å². The predicted octanol–water partition coefficient (Wildman–Crippen LogP) is 0.779. The Morgan fingerprint density at radius 3 is 2.86 bits per heavy atom. The number of aromatic nitrogens is 2. The van der Waals surface area contributed by atoms with Crippen molar-refractivity contribution in [2.45, 2.75) is 18.9 Å². The first-order valence-corrected chi connectivity index (χ1v) is 6.12. The molecule has 1 fully saturated rings. The van der Waals surface area contributed by atoms with Crippen molar-refractivity contribution in [2.75, 3.05) is 11.5 Å². The highest BCUT2D eigenvalue weighted by molar-refractivity contribution is 7.85. The van der Waals surface area contributed by atoms with E-state index in [4.69, 9.17) is 0 Å². The zero-order chi connectivity index (χ0) is 9.97. The molecule has 5 heteroatoms. The van der Waals surface area contributed by atoms with Crippen molar-refractivity contribution in [1.29, 1.82) is 0 Å². The predicted molar refractivity (Wildman–Crippen MR) is 53.8 cm³/mol. The fourth-order valence-electron chi connectivity index (χ4n) is 1.77. The Labute approximate surface area is 84.8 Å². The van der Waals surface area contributed by atoms with Gasteiger partial charge in [-0.25, -0.2) is 4.98 Å². The number of rotatable bonds is 2. The highest BCUT2D eigenvalue weighted by atomic mass is 32.2. The average Bonchev–Trinajstić information content (AvgIpc) is 2.67. The Kier molecular flexibility index (Phi) is 2.77. The van der Waals surface area contributed by atoms with Crippen LogP contribution >= 0.6 is 0 Å². The van der Waals surface area contributed by atoms with Gasteiger partial charge >= 0.3 is 0 Å². The van der Waals surface area contributed by atoms with Crippen LogP contribution in [0, 0.1) is 0 Å². The highest BCUT2D eigenvalue weighted by Gasteiger charge is 2.20. The number of carbonyl (C=O) groups excluding carboxylic acids is 1. The molecule has 1 saturated heterocycles. The van der Waals surface area contributed by atoms with Crippen molar-refractivity contribution >= 4 is 17.1 Å². The Morgan fingerprint density at radius 1 is 1.50 bits per heavy atom. The van der Waals surface area contributed by atoms with E-state index < -0.39 is 10.8 Å². The minimum atomic E-state index is -0.653. The van der Waals surface area contributed by atoms with Gasteiger partial charge in [0.25, 0.3) is 0 Å². The molecule has 0 bridgehead atoms. The van der Waals surface area contributed by atoms with Crippen molar-refractivity contribution in [2.24, 2.45) is 0 Å². The smallest absolute Gasteiger partial charge is 0.168 e. The average molecular weight is 212 g/mol. The van der Waals surface area contributed by atoms with Crippen LogP contribution in [-0.2, 0) is 10.8 Å². The van der Waals surface area contributed by atoms with Crippen LogP contribution in [0.4, 0.5) is 0 Å². The van der Waals surface area contributed by atoms with Crippen molar-refractivity contribution in [1.82, 2.24) is 9.55 Å². The van der Waals surface area contributed by atoms with Gasteiger partial charge in [0.15, 0.2) is 6.29 Å². The van der Waals surface area contributed by atoms with E-state index in [0.717, 1.165) is 30.6 Å². The normalized spacial score (nSPS) is 27.4. The molecule has 0 aromatic carbocycles. The van der Waals surface area contributed by atoms with Gasteiger partial charge in [-0.15, -0.1) is 0 Å². The summed E-state index contributed by atoms with van der Waals surface area (Å²) >= 11 is 0. The second kappa shape index (κ2) is 4.04. The number of hydrogen-bond donors (Lipinski definition) is 0. The zero-order valence-corrected chi connectivity index (χ0v) is 8.57. The Hall–Kier alpha value is -0.970. The molecule has 0 N–H and O–H groups in total. The summed E-state index contributed by atoms with van der Waals surface area (Å²) in [5, 5.41) is 0. The topological polar surface area (TPSA) is 52.0 Å². The van der Waals surface area contributed by atoms with Gasteiger partial charge in [0.1, 0.15) is 5.69 Å². The highest BCUT2D eigenvalue weighted by Crippen LogP contribution is 2.22. The Balaban J connectivity index is 2.15. The van der Waals surface area contributed by atoms with Gasteiger partial charge in [-0.3, -0.25) is 9.00 Å². The van der Waals surface area contributed by atoms with Crippen LogP contribution in [-0.4, -0.2) is 31.6 Å². The van der Waals surface area contributed by atoms with E-state index in [9.17, 15) is 9.00 Å². The molecule has 1 aromatic heterocycles. The molecular weight excluding hydrogens is 200 g/mol. The van der Waals surface area contributed by atoms with E-state index in [1.54, 1.807) is 12.5 Å². The molecule has 0 spiro atoms. The van der Waals surface area contributed by atoms with Crippen LogP contribution in [0.3, 0.4) is 0 Å². The Morgan fingerprint density at radius 2 is 2.21 bits per heavy atom. The van der Waals surface area contributed by atoms with E-state index in [2.05, 4.69) is 4.98 Å². The lowest BCUT2D eigenvalue weighted by Crippen LogP contribution is -2.22. The lowest BCUT2D eigenvalue weighted by molar-refractivity contribution is 0.111. The largest absolute Gasteiger partial charge is 0.325 e. The van der Waals surface area contributed by atoms with E-state index in [1.165, 1.54) is 0 Å². The molecule has 1 aromatic rings. The molecule has 0 atom stereocenters. The molecule has 1 aliphatic rings. The number of aldehydes is 1. The van der Waals surface area contributed by atoms with Crippen LogP contribution in [0.15, 0.2) is 12.5 Å². The van der Waals surface area contributed by atoms with E-state index in [0.29, 0.717) is 11.7 Å². The molecule has 0 unspecified atom stereocenters. The molecule has 0 saturated carbocycles. The summed E-state index contributed by atoms with van der Waals surface area (Å²) in [6.07, 6.45) is 5.83. The first-order chi connectivity index (χ1) is 6.81. The van der Waals surface area contributed by atoms with Gasteiger partial charge in [-0.05, 0) is 12.8 Å². The fourth-order valence-corrected chi connectivity index (χ4v) is 3.04. The van der Waals surface area contributed by atoms with E-state index in [-0.39, 0.29) is 0 Å². The summed E-state index contributed by atoms with van der Waals surface area (Å²) in [5.74, 6) is 1.47. The second-order valence-electron chi connectivity index (χ2n) is 3.42. The number of carbonyl (C=O) groups is 1. The van der Waals surface area contributed by atoms with Crippen LogP contribution in [0.25, 0.3) is 0 Å². The molecule has 2 heterocycles. The number of nitrogens with zero attached hydrogens (tertiary/aromatic N) is 2. The second-order valence-corrected chi connectivity index (χ2v) is 5.12. The minimum absolute atomic E-state index is 0.301. The maximum Gasteiger partial charge on any atom is 0.168 e. The monoisotopic (exact) mass is 212 g/mol. The van der Waals surface area contributed by atoms with Gasteiger partial charge in [0.2, 0.25) is 0 Å². The summed E-state index contributed by atoms with van der Waals surface area (Å²) in [5.41, 5.74) is 0.614. The van der Waals surface area contributed by atoms with E-state index >= 15 is 0 Å². The molecular formula is C9H12N2O2S. The van der Waals surface area contributed by atoms with Gasteiger partial charge in [-0.1, -0.05) is 0 Å². The standard InChI is InChI=1S/C9H12N2O2S/c12-6-9-5-10-7-11(9)8-1-3-14(13)4-2-8/h5-8H,1-4H2. The third-order valence-corrected chi connectivity index (χ3v) is 3.95. The van der Waals surface area contributed by atoms with Crippen LogP contribution in [0.5, 0.6) is 0 Å². The molecule has 0 amide bonds. The summed E-state index contributed by atoms with van der Waals surface area (Å²) in [4.78, 5) is 14.6. The summed E-state index contributed by atoms with van der Waals surface area (Å²) in [6.45, 7) is 0. The molecule has 0 aliphatic carbocycles.